The lowest BCUT2D eigenvalue weighted by atomic mass is 9.92. The van der Waals surface area contributed by atoms with E-state index in [0.29, 0.717) is 13.1 Å². The number of allylic oxidation sites excluding steroid dienone is 3. The molecule has 1 saturated heterocycles. The van der Waals surface area contributed by atoms with Gasteiger partial charge in [0, 0.05) is 34.1 Å². The molecule has 0 spiro atoms. The van der Waals surface area contributed by atoms with Gasteiger partial charge in [0.15, 0.2) is 12.1 Å². The molecule has 2 aliphatic rings. The molecule has 1 aliphatic carbocycles. The predicted octanol–water partition coefficient (Wildman–Crippen LogP) is 1.37. The second-order valence-electron chi connectivity index (χ2n) is 4.81. The summed E-state index contributed by atoms with van der Waals surface area (Å²) < 4.78 is 21.9. The SMILES string of the molecule is COC(CN1CC(OC)(OC)C2CC=CC=C21)OC. The number of rotatable bonds is 6. The van der Waals surface area contributed by atoms with Crippen molar-refractivity contribution >= 4 is 0 Å². The van der Waals surface area contributed by atoms with Crippen LogP contribution >= 0.6 is 0 Å². The predicted molar refractivity (Wildman–Crippen MR) is 71.5 cm³/mol. The van der Waals surface area contributed by atoms with Crippen molar-refractivity contribution in [2.24, 2.45) is 5.92 Å². The lowest BCUT2D eigenvalue weighted by Gasteiger charge is -2.31. The average Bonchev–Trinajstić information content (AvgIpc) is 2.79. The molecule has 0 saturated carbocycles. The van der Waals surface area contributed by atoms with Crippen molar-refractivity contribution in [1.82, 2.24) is 4.90 Å². The molecule has 108 valence electrons. The van der Waals surface area contributed by atoms with Gasteiger partial charge in [-0.3, -0.25) is 0 Å². The van der Waals surface area contributed by atoms with Gasteiger partial charge in [-0.25, -0.2) is 0 Å². The molecule has 0 N–H and O–H groups in total. The number of hydrogen-bond acceptors (Lipinski definition) is 5. The zero-order valence-corrected chi connectivity index (χ0v) is 12.1. The van der Waals surface area contributed by atoms with Gasteiger partial charge in [-0.1, -0.05) is 12.2 Å². The Morgan fingerprint density at radius 1 is 1.26 bits per heavy atom. The molecule has 1 aliphatic heterocycles. The fourth-order valence-electron chi connectivity index (χ4n) is 2.91. The van der Waals surface area contributed by atoms with E-state index in [1.165, 1.54) is 5.70 Å². The first-order valence-corrected chi connectivity index (χ1v) is 6.48. The minimum Gasteiger partial charge on any atom is -0.364 e. The molecular weight excluding hydrogens is 246 g/mol. The first kappa shape index (κ1) is 14.5. The van der Waals surface area contributed by atoms with Crippen molar-refractivity contribution in [3.8, 4) is 0 Å². The molecule has 0 amide bonds. The maximum atomic E-state index is 5.68. The molecule has 0 aromatic heterocycles. The molecule has 0 aromatic carbocycles. The Balaban J connectivity index is 2.20. The van der Waals surface area contributed by atoms with Crippen LogP contribution in [0.5, 0.6) is 0 Å². The number of fused-ring (bicyclic) bond motifs is 1. The maximum absolute atomic E-state index is 5.68. The second-order valence-corrected chi connectivity index (χ2v) is 4.81. The monoisotopic (exact) mass is 269 g/mol. The van der Waals surface area contributed by atoms with E-state index in [1.54, 1.807) is 28.4 Å². The summed E-state index contributed by atoms with van der Waals surface area (Å²) in [6, 6.07) is 0. The topological polar surface area (TPSA) is 40.2 Å². The van der Waals surface area contributed by atoms with Crippen LogP contribution in [0, 0.1) is 5.92 Å². The zero-order chi connectivity index (χ0) is 13.9. The highest BCUT2D eigenvalue weighted by molar-refractivity contribution is 5.27. The average molecular weight is 269 g/mol. The van der Waals surface area contributed by atoms with Gasteiger partial charge in [0.05, 0.1) is 19.0 Å². The Labute approximate surface area is 114 Å². The maximum Gasteiger partial charge on any atom is 0.193 e. The molecule has 1 fully saturated rings. The molecule has 19 heavy (non-hydrogen) atoms. The number of ether oxygens (including phenoxy) is 4. The first-order chi connectivity index (χ1) is 9.20. The summed E-state index contributed by atoms with van der Waals surface area (Å²) >= 11 is 0. The summed E-state index contributed by atoms with van der Waals surface area (Å²) in [6.07, 6.45) is 7.02. The van der Waals surface area contributed by atoms with Gasteiger partial charge in [0.2, 0.25) is 0 Å². The largest absolute Gasteiger partial charge is 0.364 e. The van der Waals surface area contributed by atoms with Gasteiger partial charge in [-0.05, 0) is 12.5 Å². The highest BCUT2D eigenvalue weighted by atomic mass is 16.7. The van der Waals surface area contributed by atoms with Gasteiger partial charge >= 0.3 is 0 Å². The van der Waals surface area contributed by atoms with Crippen LogP contribution < -0.4 is 0 Å². The van der Waals surface area contributed by atoms with E-state index in [1.807, 2.05) is 0 Å². The summed E-state index contributed by atoms with van der Waals surface area (Å²) in [5.41, 5.74) is 1.23. The van der Waals surface area contributed by atoms with E-state index >= 15 is 0 Å². The summed E-state index contributed by atoms with van der Waals surface area (Å²) in [6.45, 7) is 1.35. The number of likely N-dealkylation sites (tertiary alicyclic amines) is 1. The summed E-state index contributed by atoms with van der Waals surface area (Å²) in [7, 11) is 6.70. The Morgan fingerprint density at radius 3 is 2.53 bits per heavy atom. The number of methoxy groups -OCH3 is 4. The van der Waals surface area contributed by atoms with Crippen molar-refractivity contribution in [3.05, 3.63) is 23.9 Å². The Kier molecular flexibility index (Phi) is 4.62. The highest BCUT2D eigenvalue weighted by Gasteiger charge is 2.50. The zero-order valence-electron chi connectivity index (χ0n) is 12.1. The summed E-state index contributed by atoms with van der Waals surface area (Å²) in [5, 5.41) is 0. The van der Waals surface area contributed by atoms with Crippen molar-refractivity contribution in [2.75, 3.05) is 41.5 Å². The van der Waals surface area contributed by atoms with Crippen molar-refractivity contribution < 1.29 is 18.9 Å². The molecule has 1 atom stereocenters. The third-order valence-corrected chi connectivity index (χ3v) is 4.03. The Bertz CT molecular complexity index is 358. The minimum atomic E-state index is -0.581. The quantitative estimate of drug-likeness (QED) is 0.681. The lowest BCUT2D eigenvalue weighted by molar-refractivity contribution is -0.220. The molecule has 2 rings (SSSR count). The van der Waals surface area contributed by atoms with E-state index < -0.39 is 5.79 Å². The van der Waals surface area contributed by atoms with Crippen LogP contribution in [-0.2, 0) is 18.9 Å². The van der Waals surface area contributed by atoms with Crippen LogP contribution in [0.3, 0.4) is 0 Å². The molecule has 5 nitrogen and oxygen atoms in total. The van der Waals surface area contributed by atoms with E-state index in [0.717, 1.165) is 6.42 Å². The summed E-state index contributed by atoms with van der Waals surface area (Å²) in [5.74, 6) is -0.357. The third-order valence-electron chi connectivity index (χ3n) is 4.03. The normalized spacial score (nSPS) is 24.8. The van der Waals surface area contributed by atoms with Gasteiger partial charge < -0.3 is 23.8 Å². The van der Waals surface area contributed by atoms with Gasteiger partial charge in [-0.2, -0.15) is 0 Å². The fourth-order valence-corrected chi connectivity index (χ4v) is 2.91. The molecular formula is C14H23NO4. The minimum absolute atomic E-state index is 0.224. The van der Waals surface area contributed by atoms with Crippen molar-refractivity contribution in [1.29, 1.82) is 0 Å². The van der Waals surface area contributed by atoms with Crippen LogP contribution in [0.1, 0.15) is 6.42 Å². The van der Waals surface area contributed by atoms with Crippen molar-refractivity contribution in [2.45, 2.75) is 18.5 Å². The van der Waals surface area contributed by atoms with Crippen LogP contribution in [0.2, 0.25) is 0 Å². The third kappa shape index (κ3) is 2.56. The second kappa shape index (κ2) is 6.05. The van der Waals surface area contributed by atoms with E-state index in [-0.39, 0.29) is 12.2 Å². The molecule has 1 heterocycles. The molecule has 0 aromatic rings. The molecule has 0 bridgehead atoms. The molecule has 5 heteroatoms. The lowest BCUT2D eigenvalue weighted by Crippen LogP contribution is -2.43. The Morgan fingerprint density at radius 2 is 1.95 bits per heavy atom. The van der Waals surface area contributed by atoms with Crippen LogP contribution in [0.25, 0.3) is 0 Å². The van der Waals surface area contributed by atoms with Crippen LogP contribution in [-0.4, -0.2) is 58.5 Å². The van der Waals surface area contributed by atoms with Gasteiger partial charge in [0.25, 0.3) is 0 Å². The first-order valence-electron chi connectivity index (χ1n) is 6.48. The van der Waals surface area contributed by atoms with Crippen molar-refractivity contribution in [3.63, 3.8) is 0 Å². The van der Waals surface area contributed by atoms with Gasteiger partial charge in [-0.15, -0.1) is 0 Å². The van der Waals surface area contributed by atoms with Crippen LogP contribution in [0.15, 0.2) is 23.9 Å². The standard InChI is InChI=1S/C14H23NO4/c1-16-13(17-2)9-15-10-14(18-3,19-4)11-7-5-6-8-12(11)15/h5-6,8,11,13H,7,9-10H2,1-4H3. The molecule has 0 radical (unpaired) electrons. The molecule has 1 unspecified atom stereocenters. The smallest absolute Gasteiger partial charge is 0.193 e. The van der Waals surface area contributed by atoms with E-state index in [9.17, 15) is 0 Å². The van der Waals surface area contributed by atoms with E-state index in [2.05, 4.69) is 23.1 Å². The Hall–Kier alpha value is -0.880. The van der Waals surface area contributed by atoms with Crippen LogP contribution in [0.4, 0.5) is 0 Å². The summed E-state index contributed by atoms with van der Waals surface area (Å²) in [4.78, 5) is 2.22. The highest BCUT2D eigenvalue weighted by Crippen LogP contribution is 2.43. The van der Waals surface area contributed by atoms with E-state index in [4.69, 9.17) is 18.9 Å². The number of hydrogen-bond donors (Lipinski definition) is 0. The van der Waals surface area contributed by atoms with Gasteiger partial charge in [0.1, 0.15) is 0 Å². The fraction of sp³-hybridized carbons (Fsp3) is 0.714. The number of nitrogens with zero attached hydrogens (tertiary/aromatic N) is 1.